The Hall–Kier alpha value is -0.800. The molecule has 3 nitrogen and oxygen atoms in total. The first-order valence-electron chi connectivity index (χ1n) is 7.72. The Morgan fingerprint density at radius 1 is 1.40 bits per heavy atom. The average molecular weight is 296 g/mol. The molecule has 1 aromatic heterocycles. The van der Waals surface area contributed by atoms with E-state index >= 15 is 0 Å². The van der Waals surface area contributed by atoms with E-state index < -0.39 is 0 Å². The van der Waals surface area contributed by atoms with E-state index in [0.717, 1.165) is 30.1 Å². The van der Waals surface area contributed by atoms with E-state index in [1.165, 1.54) is 31.4 Å². The van der Waals surface area contributed by atoms with Crippen molar-refractivity contribution in [2.24, 2.45) is 0 Å². The molecular formula is C16H26ClN3. The smallest absolute Gasteiger partial charge is 0.0847 e. The Morgan fingerprint density at radius 3 is 2.80 bits per heavy atom. The first-order chi connectivity index (χ1) is 9.65. The summed E-state index contributed by atoms with van der Waals surface area (Å²) in [5, 5.41) is 8.79. The highest BCUT2D eigenvalue weighted by molar-refractivity contribution is 6.31. The lowest BCUT2D eigenvalue weighted by Crippen LogP contribution is -2.29. The van der Waals surface area contributed by atoms with Crippen LogP contribution in [0.3, 0.4) is 0 Å². The first-order valence-corrected chi connectivity index (χ1v) is 8.10. The van der Waals surface area contributed by atoms with Crippen molar-refractivity contribution in [3.63, 3.8) is 0 Å². The maximum atomic E-state index is 6.41. The third-order valence-corrected chi connectivity index (χ3v) is 4.69. The Morgan fingerprint density at radius 2 is 2.20 bits per heavy atom. The van der Waals surface area contributed by atoms with Gasteiger partial charge in [0, 0.05) is 19.0 Å². The van der Waals surface area contributed by atoms with Gasteiger partial charge in [-0.1, -0.05) is 23.3 Å². The molecule has 0 aliphatic heterocycles. The second-order valence-corrected chi connectivity index (χ2v) is 6.04. The van der Waals surface area contributed by atoms with E-state index in [9.17, 15) is 0 Å². The maximum Gasteiger partial charge on any atom is 0.0847 e. The predicted molar refractivity (Wildman–Crippen MR) is 85.4 cm³/mol. The number of hydrogen-bond acceptors (Lipinski definition) is 2. The highest BCUT2D eigenvalue weighted by atomic mass is 35.5. The molecule has 1 aromatic rings. The van der Waals surface area contributed by atoms with Gasteiger partial charge < -0.3 is 5.32 Å². The average Bonchev–Trinajstić information content (AvgIpc) is 2.75. The van der Waals surface area contributed by atoms with Gasteiger partial charge in [0.2, 0.25) is 0 Å². The fraction of sp³-hybridized carbons (Fsp3) is 0.688. The van der Waals surface area contributed by atoms with Crippen LogP contribution in [0, 0.1) is 6.92 Å². The molecule has 1 heterocycles. The van der Waals surface area contributed by atoms with Crippen LogP contribution in [-0.2, 0) is 13.0 Å². The van der Waals surface area contributed by atoms with Crippen LogP contribution in [0.25, 0.3) is 0 Å². The molecule has 1 atom stereocenters. The van der Waals surface area contributed by atoms with Crippen molar-refractivity contribution >= 4 is 11.6 Å². The molecule has 0 fully saturated rings. The molecule has 0 amide bonds. The Kier molecular flexibility index (Phi) is 5.67. The largest absolute Gasteiger partial charge is 0.316 e. The van der Waals surface area contributed by atoms with Crippen LogP contribution in [0.4, 0.5) is 0 Å². The molecule has 0 bridgehead atoms. The number of nitrogens with one attached hydrogen (secondary N) is 1. The molecular weight excluding hydrogens is 270 g/mol. The van der Waals surface area contributed by atoms with Crippen LogP contribution in [0.1, 0.15) is 50.4 Å². The molecule has 0 saturated carbocycles. The van der Waals surface area contributed by atoms with Crippen molar-refractivity contribution < 1.29 is 0 Å². The highest BCUT2D eigenvalue weighted by Gasteiger charge is 2.18. The van der Waals surface area contributed by atoms with Crippen LogP contribution in [0.15, 0.2) is 11.6 Å². The van der Waals surface area contributed by atoms with Gasteiger partial charge >= 0.3 is 0 Å². The molecule has 1 unspecified atom stereocenters. The number of hydrogen-bond donors (Lipinski definition) is 1. The number of allylic oxidation sites excluding steroid dienone is 1. The van der Waals surface area contributed by atoms with Gasteiger partial charge in [-0.25, -0.2) is 0 Å². The van der Waals surface area contributed by atoms with Gasteiger partial charge in [0.15, 0.2) is 0 Å². The third kappa shape index (κ3) is 3.64. The van der Waals surface area contributed by atoms with Crippen LogP contribution < -0.4 is 5.32 Å². The summed E-state index contributed by atoms with van der Waals surface area (Å²) < 4.78 is 2.04. The van der Waals surface area contributed by atoms with Crippen LogP contribution in [0.2, 0.25) is 5.02 Å². The van der Waals surface area contributed by atoms with Crippen molar-refractivity contribution in [3.05, 3.63) is 28.1 Å². The second-order valence-electron chi connectivity index (χ2n) is 5.66. The van der Waals surface area contributed by atoms with E-state index in [1.54, 1.807) is 5.57 Å². The summed E-state index contributed by atoms with van der Waals surface area (Å²) in [6, 6.07) is 0.443. The van der Waals surface area contributed by atoms with Crippen molar-refractivity contribution in [2.75, 3.05) is 7.05 Å². The van der Waals surface area contributed by atoms with Gasteiger partial charge in [-0.05, 0) is 53.0 Å². The number of rotatable bonds is 6. The summed E-state index contributed by atoms with van der Waals surface area (Å²) in [7, 11) is 2.04. The number of nitrogens with zero attached hydrogens (tertiary/aromatic N) is 2. The highest BCUT2D eigenvalue weighted by Crippen LogP contribution is 2.25. The van der Waals surface area contributed by atoms with Crippen molar-refractivity contribution in [1.29, 1.82) is 0 Å². The fourth-order valence-corrected chi connectivity index (χ4v) is 3.19. The second kappa shape index (κ2) is 7.28. The molecule has 0 saturated heterocycles. The molecule has 1 aliphatic carbocycles. The van der Waals surface area contributed by atoms with Gasteiger partial charge in [0.1, 0.15) is 0 Å². The first kappa shape index (κ1) is 15.6. The van der Waals surface area contributed by atoms with Crippen LogP contribution >= 0.6 is 11.6 Å². The molecule has 0 spiro atoms. The van der Waals surface area contributed by atoms with Gasteiger partial charge in [-0.2, -0.15) is 5.10 Å². The quantitative estimate of drug-likeness (QED) is 0.807. The monoisotopic (exact) mass is 295 g/mol. The Labute approximate surface area is 127 Å². The lowest BCUT2D eigenvalue weighted by molar-refractivity contribution is 0.505. The van der Waals surface area contributed by atoms with Gasteiger partial charge in [-0.15, -0.1) is 0 Å². The standard InChI is InChI=1S/C16H26ClN3/c1-4-20-15(16(17)12(2)19-20)11-14(18-3)10-13-8-6-5-7-9-13/h8,14,18H,4-7,9-11H2,1-3H3. The van der Waals surface area contributed by atoms with Gasteiger partial charge in [0.25, 0.3) is 0 Å². The van der Waals surface area contributed by atoms with E-state index in [0.29, 0.717) is 6.04 Å². The van der Waals surface area contributed by atoms with Crippen LogP contribution in [0.5, 0.6) is 0 Å². The minimum Gasteiger partial charge on any atom is -0.316 e. The molecule has 0 radical (unpaired) electrons. The van der Waals surface area contributed by atoms with Crippen molar-refractivity contribution in [3.8, 4) is 0 Å². The fourth-order valence-electron chi connectivity index (χ4n) is 2.98. The van der Waals surface area contributed by atoms with E-state index in [2.05, 4.69) is 23.4 Å². The summed E-state index contributed by atoms with van der Waals surface area (Å²) in [5.74, 6) is 0. The number of aryl methyl sites for hydroxylation is 2. The lowest BCUT2D eigenvalue weighted by atomic mass is 9.93. The maximum absolute atomic E-state index is 6.41. The third-order valence-electron chi connectivity index (χ3n) is 4.19. The van der Waals surface area contributed by atoms with Crippen molar-refractivity contribution in [2.45, 2.75) is 65.0 Å². The SMILES string of the molecule is CCn1nc(C)c(Cl)c1CC(CC1=CCCCC1)NC. The number of halogens is 1. The zero-order valence-electron chi connectivity index (χ0n) is 12.9. The summed E-state index contributed by atoms with van der Waals surface area (Å²) in [6.07, 6.45) is 9.70. The molecule has 1 aliphatic rings. The number of aromatic nitrogens is 2. The van der Waals surface area contributed by atoms with E-state index in [4.69, 9.17) is 11.6 Å². The normalized spacial score (nSPS) is 17.1. The topological polar surface area (TPSA) is 29.9 Å². The Balaban J connectivity index is 2.07. The molecule has 1 N–H and O–H groups in total. The van der Waals surface area contributed by atoms with Gasteiger partial charge in [-0.3, -0.25) is 4.68 Å². The molecule has 2 rings (SSSR count). The van der Waals surface area contributed by atoms with E-state index in [-0.39, 0.29) is 0 Å². The minimum absolute atomic E-state index is 0.443. The van der Waals surface area contributed by atoms with Crippen molar-refractivity contribution in [1.82, 2.24) is 15.1 Å². The van der Waals surface area contributed by atoms with Crippen LogP contribution in [-0.4, -0.2) is 22.9 Å². The lowest BCUT2D eigenvalue weighted by Gasteiger charge is -2.21. The zero-order chi connectivity index (χ0) is 14.5. The summed E-state index contributed by atoms with van der Waals surface area (Å²) in [4.78, 5) is 0. The summed E-state index contributed by atoms with van der Waals surface area (Å²) >= 11 is 6.41. The molecule has 112 valence electrons. The minimum atomic E-state index is 0.443. The number of likely N-dealkylation sites (N-methyl/N-ethyl adjacent to an activating group) is 1. The summed E-state index contributed by atoms with van der Waals surface area (Å²) in [5.41, 5.74) is 3.71. The Bertz CT molecular complexity index is 476. The molecule has 4 heteroatoms. The molecule has 20 heavy (non-hydrogen) atoms. The molecule has 0 aromatic carbocycles. The zero-order valence-corrected chi connectivity index (χ0v) is 13.6. The van der Waals surface area contributed by atoms with E-state index in [1.807, 2.05) is 18.7 Å². The summed E-state index contributed by atoms with van der Waals surface area (Å²) in [6.45, 7) is 4.97. The van der Waals surface area contributed by atoms with Gasteiger partial charge in [0.05, 0.1) is 16.4 Å². The predicted octanol–water partition coefficient (Wildman–Crippen LogP) is 3.89.